The summed E-state index contributed by atoms with van der Waals surface area (Å²) in [7, 11) is 0. The number of anilines is 1. The molecule has 0 radical (unpaired) electrons. The number of ether oxygens (including phenoxy) is 1. The van der Waals surface area contributed by atoms with Crippen molar-refractivity contribution in [1.29, 1.82) is 0 Å². The van der Waals surface area contributed by atoms with E-state index in [0.717, 1.165) is 0 Å². The third-order valence-corrected chi connectivity index (χ3v) is 2.66. The van der Waals surface area contributed by atoms with Gasteiger partial charge in [0.1, 0.15) is 5.75 Å². The van der Waals surface area contributed by atoms with Crippen LogP contribution in [-0.2, 0) is 0 Å². The second-order valence-corrected chi connectivity index (χ2v) is 4.17. The molecule has 0 spiro atoms. The van der Waals surface area contributed by atoms with E-state index in [1.165, 1.54) is 24.4 Å². The zero-order valence-electron chi connectivity index (χ0n) is 11.2. The van der Waals surface area contributed by atoms with Gasteiger partial charge in [0.15, 0.2) is 0 Å². The first-order chi connectivity index (χ1) is 10.6. The van der Waals surface area contributed by atoms with E-state index in [9.17, 15) is 13.6 Å². The quantitative estimate of drug-likeness (QED) is 0.633. The lowest BCUT2D eigenvalue weighted by Gasteiger charge is -2.07. The molecular formula is C15H12F2N2O3. The summed E-state index contributed by atoms with van der Waals surface area (Å²) in [6.45, 7) is -2.91. The third-order valence-electron chi connectivity index (χ3n) is 2.66. The van der Waals surface area contributed by atoms with Gasteiger partial charge in [-0.1, -0.05) is 12.1 Å². The fraction of sp³-hybridized carbons (Fsp3) is 0.0667. The highest BCUT2D eigenvalue weighted by molar-refractivity contribution is 5.88. The van der Waals surface area contributed by atoms with Crippen molar-refractivity contribution in [1.82, 2.24) is 0 Å². The van der Waals surface area contributed by atoms with E-state index in [0.29, 0.717) is 11.3 Å². The van der Waals surface area contributed by atoms with E-state index in [1.54, 1.807) is 30.3 Å². The first-order valence-corrected chi connectivity index (χ1v) is 6.22. The van der Waals surface area contributed by atoms with Crippen LogP contribution in [-0.4, -0.2) is 23.9 Å². The molecule has 0 saturated heterocycles. The number of hydrogen-bond acceptors (Lipinski definition) is 4. The van der Waals surface area contributed by atoms with Gasteiger partial charge in [-0.2, -0.15) is 13.9 Å². The largest absolute Gasteiger partial charge is 0.478 e. The minimum Gasteiger partial charge on any atom is -0.478 e. The molecule has 0 unspecified atom stereocenters. The molecule has 0 aromatic heterocycles. The fourth-order valence-corrected chi connectivity index (χ4v) is 1.65. The molecule has 0 fully saturated rings. The monoisotopic (exact) mass is 306 g/mol. The highest BCUT2D eigenvalue weighted by Gasteiger charge is 2.07. The fourth-order valence-electron chi connectivity index (χ4n) is 1.65. The van der Waals surface area contributed by atoms with Crippen molar-refractivity contribution in [2.45, 2.75) is 6.61 Å². The Hall–Kier alpha value is -2.96. The van der Waals surface area contributed by atoms with Crippen molar-refractivity contribution in [2.24, 2.45) is 5.10 Å². The Morgan fingerprint density at radius 3 is 2.50 bits per heavy atom. The number of aromatic carboxylic acids is 1. The molecule has 0 bridgehead atoms. The average Bonchev–Trinajstić information content (AvgIpc) is 2.49. The van der Waals surface area contributed by atoms with Crippen molar-refractivity contribution in [2.75, 3.05) is 5.43 Å². The molecule has 0 heterocycles. The molecule has 2 aromatic carbocycles. The molecule has 2 N–H and O–H groups in total. The van der Waals surface area contributed by atoms with Crippen LogP contribution in [0.5, 0.6) is 5.75 Å². The molecule has 2 rings (SSSR count). The normalized spacial score (nSPS) is 10.9. The van der Waals surface area contributed by atoms with Gasteiger partial charge in [0.05, 0.1) is 17.5 Å². The van der Waals surface area contributed by atoms with Crippen LogP contribution in [0.1, 0.15) is 15.9 Å². The number of nitrogens with zero attached hydrogens (tertiary/aromatic N) is 1. The molecule has 5 nitrogen and oxygen atoms in total. The maximum atomic E-state index is 12.3. The van der Waals surface area contributed by atoms with Crippen molar-refractivity contribution >= 4 is 17.9 Å². The Labute approximate surface area is 124 Å². The summed E-state index contributed by atoms with van der Waals surface area (Å²) in [6, 6.07) is 12.2. The summed E-state index contributed by atoms with van der Waals surface area (Å²) >= 11 is 0. The van der Waals surface area contributed by atoms with Gasteiger partial charge in [0.25, 0.3) is 0 Å². The number of halogens is 2. The third kappa shape index (κ3) is 4.27. The predicted molar refractivity (Wildman–Crippen MR) is 77.7 cm³/mol. The number of rotatable bonds is 6. The number of carbonyl (C=O) groups is 1. The summed E-state index contributed by atoms with van der Waals surface area (Å²) in [5.74, 6) is -1.00. The lowest BCUT2D eigenvalue weighted by Crippen LogP contribution is -2.04. The smallest absolute Gasteiger partial charge is 0.387 e. The number of carboxylic acid groups (broad SMARTS) is 1. The number of hydrazone groups is 1. The molecule has 2 aromatic rings. The number of hydrogen-bond donors (Lipinski definition) is 2. The summed E-state index contributed by atoms with van der Waals surface area (Å²) in [5.41, 5.74) is 3.78. The zero-order chi connectivity index (χ0) is 15.9. The van der Waals surface area contributed by atoms with Gasteiger partial charge in [0.2, 0.25) is 0 Å². The van der Waals surface area contributed by atoms with E-state index in [2.05, 4.69) is 15.3 Å². The van der Waals surface area contributed by atoms with Crippen LogP contribution in [0.4, 0.5) is 14.5 Å². The van der Waals surface area contributed by atoms with Crippen molar-refractivity contribution < 1.29 is 23.4 Å². The second-order valence-electron chi connectivity index (χ2n) is 4.17. The van der Waals surface area contributed by atoms with Crippen molar-refractivity contribution in [3.8, 4) is 5.75 Å². The van der Waals surface area contributed by atoms with Crippen LogP contribution in [0.3, 0.4) is 0 Å². The minimum atomic E-state index is -2.91. The van der Waals surface area contributed by atoms with Gasteiger partial charge in [-0.25, -0.2) is 4.79 Å². The first-order valence-electron chi connectivity index (χ1n) is 6.22. The SMILES string of the molecule is O=C(O)c1ccc(N/N=C/c2ccccc2OC(F)F)cc1. The summed E-state index contributed by atoms with van der Waals surface area (Å²) in [6.07, 6.45) is 1.34. The van der Waals surface area contributed by atoms with Gasteiger partial charge in [-0.05, 0) is 36.4 Å². The molecular weight excluding hydrogens is 294 g/mol. The van der Waals surface area contributed by atoms with Crippen LogP contribution < -0.4 is 10.2 Å². The molecule has 0 saturated carbocycles. The van der Waals surface area contributed by atoms with Crippen molar-refractivity contribution in [3.63, 3.8) is 0 Å². The van der Waals surface area contributed by atoms with E-state index in [-0.39, 0.29) is 11.3 Å². The van der Waals surface area contributed by atoms with E-state index >= 15 is 0 Å². The predicted octanol–water partition coefficient (Wildman–Crippen LogP) is 3.43. The highest BCUT2D eigenvalue weighted by Crippen LogP contribution is 2.18. The lowest BCUT2D eigenvalue weighted by molar-refractivity contribution is -0.0499. The Bertz CT molecular complexity index is 673. The number of nitrogens with one attached hydrogen (secondary N) is 1. The summed E-state index contributed by atoms with van der Waals surface area (Å²) in [4.78, 5) is 10.7. The van der Waals surface area contributed by atoms with Gasteiger partial charge in [-0.15, -0.1) is 0 Å². The minimum absolute atomic E-state index is 0.0178. The first kappa shape index (κ1) is 15.4. The van der Waals surface area contributed by atoms with Crippen molar-refractivity contribution in [3.05, 3.63) is 59.7 Å². The Morgan fingerprint density at radius 1 is 1.18 bits per heavy atom. The van der Waals surface area contributed by atoms with Crippen LogP contribution in [0.15, 0.2) is 53.6 Å². The Morgan fingerprint density at radius 2 is 1.86 bits per heavy atom. The van der Waals surface area contributed by atoms with Crippen LogP contribution >= 0.6 is 0 Å². The van der Waals surface area contributed by atoms with Crippen LogP contribution in [0.2, 0.25) is 0 Å². The maximum Gasteiger partial charge on any atom is 0.387 e. The maximum absolute atomic E-state index is 12.3. The molecule has 0 aliphatic carbocycles. The van der Waals surface area contributed by atoms with E-state index in [1.807, 2.05) is 0 Å². The molecule has 0 amide bonds. The molecule has 7 heteroatoms. The number of benzene rings is 2. The van der Waals surface area contributed by atoms with E-state index in [4.69, 9.17) is 5.11 Å². The lowest BCUT2D eigenvalue weighted by atomic mass is 10.2. The Kier molecular flexibility index (Phi) is 5.02. The topological polar surface area (TPSA) is 70.9 Å². The van der Waals surface area contributed by atoms with Crippen LogP contribution in [0.25, 0.3) is 0 Å². The van der Waals surface area contributed by atoms with Gasteiger partial charge in [0, 0.05) is 5.56 Å². The number of para-hydroxylation sites is 1. The molecule has 22 heavy (non-hydrogen) atoms. The van der Waals surface area contributed by atoms with E-state index < -0.39 is 12.6 Å². The number of alkyl halides is 2. The molecule has 0 aliphatic heterocycles. The van der Waals surface area contributed by atoms with Gasteiger partial charge in [-0.3, -0.25) is 5.43 Å². The van der Waals surface area contributed by atoms with Gasteiger partial charge < -0.3 is 9.84 Å². The highest BCUT2D eigenvalue weighted by atomic mass is 19.3. The Balaban J connectivity index is 2.05. The standard InChI is InChI=1S/C15H12F2N2O3/c16-15(17)22-13-4-2-1-3-11(13)9-18-19-12-7-5-10(6-8-12)14(20)21/h1-9,15,19H,(H,20,21)/b18-9+. The average molecular weight is 306 g/mol. The zero-order valence-corrected chi connectivity index (χ0v) is 11.2. The van der Waals surface area contributed by atoms with Gasteiger partial charge >= 0.3 is 12.6 Å². The van der Waals surface area contributed by atoms with Crippen LogP contribution in [0, 0.1) is 0 Å². The second kappa shape index (κ2) is 7.16. The molecule has 114 valence electrons. The molecule has 0 atom stereocenters. The molecule has 0 aliphatic rings. The number of carboxylic acids is 1. The summed E-state index contributed by atoms with van der Waals surface area (Å²) < 4.78 is 28.9. The summed E-state index contributed by atoms with van der Waals surface area (Å²) in [5, 5.41) is 12.7.